The molecule has 0 radical (unpaired) electrons. The first-order chi connectivity index (χ1) is 12.8. The van der Waals surface area contributed by atoms with Crippen LogP contribution >= 0.6 is 22.6 Å². The highest BCUT2D eigenvalue weighted by Crippen LogP contribution is 2.23. The number of hydrogen-bond donors (Lipinski definition) is 1. The summed E-state index contributed by atoms with van der Waals surface area (Å²) < 4.78 is 29.4. The number of halogens is 1. The Kier molecular flexibility index (Phi) is 6.07. The van der Waals surface area contributed by atoms with Gasteiger partial charge in [0.25, 0.3) is 0 Å². The molecule has 0 saturated heterocycles. The minimum absolute atomic E-state index is 0.262. The zero-order valence-electron chi connectivity index (χ0n) is 15.6. The molecule has 0 saturated carbocycles. The van der Waals surface area contributed by atoms with E-state index >= 15 is 0 Å². The molecule has 1 aromatic heterocycles. The molecule has 27 heavy (non-hydrogen) atoms. The maximum atomic E-state index is 12.4. The normalized spacial score (nSPS) is 12.0. The summed E-state index contributed by atoms with van der Waals surface area (Å²) in [6, 6.07) is 13.3. The smallest absolute Gasteiger partial charge is 0.242 e. The van der Waals surface area contributed by atoms with Gasteiger partial charge in [-0.15, -0.1) is 0 Å². The van der Waals surface area contributed by atoms with E-state index in [-0.39, 0.29) is 4.90 Å². The van der Waals surface area contributed by atoms with Gasteiger partial charge in [-0.2, -0.15) is 0 Å². The largest absolute Gasteiger partial charge is 0.378 e. The van der Waals surface area contributed by atoms with Crippen LogP contribution in [0.1, 0.15) is 19.2 Å². The average Bonchev–Trinajstić information content (AvgIpc) is 2.97. The van der Waals surface area contributed by atoms with Crippen molar-refractivity contribution in [3.8, 4) is 0 Å². The van der Waals surface area contributed by atoms with Crippen LogP contribution < -0.4 is 5.32 Å². The fraction of sp³-hybridized carbons (Fsp3) is 0.316. The highest BCUT2D eigenvalue weighted by Gasteiger charge is 2.19. The molecule has 0 bridgehead atoms. The summed E-state index contributed by atoms with van der Waals surface area (Å²) in [6.07, 6.45) is 0.972. The van der Waals surface area contributed by atoms with E-state index in [1.54, 1.807) is 12.1 Å². The Morgan fingerprint density at radius 2 is 1.96 bits per heavy atom. The van der Waals surface area contributed by atoms with Gasteiger partial charge in [0, 0.05) is 29.9 Å². The van der Waals surface area contributed by atoms with Crippen molar-refractivity contribution in [1.82, 2.24) is 13.9 Å². The zero-order valence-corrected chi connectivity index (χ0v) is 18.6. The molecular weight excluding hydrogens is 475 g/mol. The maximum absolute atomic E-state index is 12.4. The van der Waals surface area contributed by atoms with Crippen molar-refractivity contribution in [3.63, 3.8) is 0 Å². The van der Waals surface area contributed by atoms with E-state index in [9.17, 15) is 8.42 Å². The minimum atomic E-state index is -3.48. The lowest BCUT2D eigenvalue weighted by Crippen LogP contribution is -2.22. The fourth-order valence-electron chi connectivity index (χ4n) is 2.92. The lowest BCUT2D eigenvalue weighted by atomic mass is 10.3. The van der Waals surface area contributed by atoms with E-state index in [0.717, 1.165) is 33.6 Å². The molecule has 0 atom stereocenters. The van der Waals surface area contributed by atoms with Gasteiger partial charge < -0.3 is 9.88 Å². The molecular formula is C19H23IN4O2S. The highest BCUT2D eigenvalue weighted by molar-refractivity contribution is 14.1. The number of aromatic nitrogens is 2. The standard InChI is InChI=1S/C19H23IN4O2S/c1-4-10-24-18-9-8-16(27(25,26)23(2)3)12-17(18)22-19(24)13-21-15-7-5-6-14(20)11-15/h5-9,11-12,21H,4,10,13H2,1-3H3. The lowest BCUT2D eigenvalue weighted by Gasteiger charge is -2.11. The van der Waals surface area contributed by atoms with Gasteiger partial charge in [-0.1, -0.05) is 13.0 Å². The number of anilines is 1. The van der Waals surface area contributed by atoms with Gasteiger partial charge >= 0.3 is 0 Å². The van der Waals surface area contributed by atoms with E-state index in [0.29, 0.717) is 12.1 Å². The molecule has 3 aromatic rings. The van der Waals surface area contributed by atoms with E-state index in [4.69, 9.17) is 4.98 Å². The third kappa shape index (κ3) is 4.27. The quantitative estimate of drug-likeness (QED) is 0.502. The average molecular weight is 498 g/mol. The first kappa shape index (κ1) is 20.1. The first-order valence-corrected chi connectivity index (χ1v) is 11.3. The van der Waals surface area contributed by atoms with Gasteiger partial charge in [-0.3, -0.25) is 0 Å². The number of aryl methyl sites for hydroxylation is 1. The van der Waals surface area contributed by atoms with E-state index < -0.39 is 10.0 Å². The molecule has 0 unspecified atom stereocenters. The van der Waals surface area contributed by atoms with Crippen LogP contribution in [0.15, 0.2) is 47.4 Å². The second kappa shape index (κ2) is 8.15. The van der Waals surface area contributed by atoms with Gasteiger partial charge in [-0.25, -0.2) is 17.7 Å². The zero-order chi connectivity index (χ0) is 19.6. The predicted molar refractivity (Wildman–Crippen MR) is 117 cm³/mol. The lowest BCUT2D eigenvalue weighted by molar-refractivity contribution is 0.521. The summed E-state index contributed by atoms with van der Waals surface area (Å²) in [7, 11) is -0.410. The monoisotopic (exact) mass is 498 g/mol. The second-order valence-electron chi connectivity index (χ2n) is 6.48. The van der Waals surface area contributed by atoms with Crippen LogP contribution in [0, 0.1) is 3.57 Å². The van der Waals surface area contributed by atoms with Crippen LogP contribution in [-0.4, -0.2) is 36.4 Å². The molecule has 0 spiro atoms. The molecule has 8 heteroatoms. The van der Waals surface area contributed by atoms with Gasteiger partial charge in [0.05, 0.1) is 22.5 Å². The van der Waals surface area contributed by atoms with Crippen molar-refractivity contribution in [3.05, 3.63) is 51.9 Å². The third-order valence-electron chi connectivity index (χ3n) is 4.30. The Labute approximate surface area is 173 Å². The molecule has 3 rings (SSSR count). The van der Waals surface area contributed by atoms with Gasteiger partial charge in [0.15, 0.2) is 0 Å². The van der Waals surface area contributed by atoms with Crippen molar-refractivity contribution in [2.75, 3.05) is 19.4 Å². The van der Waals surface area contributed by atoms with E-state index in [1.807, 2.05) is 24.3 Å². The van der Waals surface area contributed by atoms with E-state index in [2.05, 4.69) is 45.5 Å². The molecule has 144 valence electrons. The van der Waals surface area contributed by atoms with E-state index in [1.165, 1.54) is 18.4 Å². The van der Waals surface area contributed by atoms with Crippen molar-refractivity contribution < 1.29 is 8.42 Å². The van der Waals surface area contributed by atoms with Crippen LogP contribution in [0.2, 0.25) is 0 Å². The maximum Gasteiger partial charge on any atom is 0.242 e. The molecule has 1 heterocycles. The van der Waals surface area contributed by atoms with Crippen molar-refractivity contribution in [2.24, 2.45) is 0 Å². The molecule has 0 amide bonds. The van der Waals surface area contributed by atoms with Gasteiger partial charge in [0.2, 0.25) is 10.0 Å². The molecule has 2 aromatic carbocycles. The predicted octanol–water partition coefficient (Wildman–Crippen LogP) is 3.91. The van der Waals surface area contributed by atoms with Crippen molar-refractivity contribution >= 4 is 49.3 Å². The number of rotatable bonds is 7. The topological polar surface area (TPSA) is 67.2 Å². The van der Waals surface area contributed by atoms with Crippen LogP contribution in [0.4, 0.5) is 5.69 Å². The Morgan fingerprint density at radius 1 is 1.19 bits per heavy atom. The van der Waals surface area contributed by atoms with Gasteiger partial charge in [-0.05, 0) is 65.4 Å². The van der Waals surface area contributed by atoms with Crippen molar-refractivity contribution in [2.45, 2.75) is 31.3 Å². The third-order valence-corrected chi connectivity index (χ3v) is 6.78. The Balaban J connectivity index is 1.97. The number of benzene rings is 2. The van der Waals surface area contributed by atoms with Crippen LogP contribution in [-0.2, 0) is 23.1 Å². The van der Waals surface area contributed by atoms with Crippen LogP contribution in [0.25, 0.3) is 11.0 Å². The number of hydrogen-bond acceptors (Lipinski definition) is 4. The summed E-state index contributed by atoms with van der Waals surface area (Å²) in [5.41, 5.74) is 2.69. The van der Waals surface area contributed by atoms with Crippen LogP contribution in [0.5, 0.6) is 0 Å². The molecule has 0 fully saturated rings. The SMILES string of the molecule is CCCn1c(CNc2cccc(I)c2)nc2cc(S(=O)(=O)N(C)C)ccc21. The summed E-state index contributed by atoms with van der Waals surface area (Å²) in [4.78, 5) is 4.98. The number of sulfonamides is 1. The Hall–Kier alpha value is -1.65. The number of imidazole rings is 1. The molecule has 0 aliphatic rings. The number of nitrogens with one attached hydrogen (secondary N) is 1. The minimum Gasteiger partial charge on any atom is -0.378 e. The second-order valence-corrected chi connectivity index (χ2v) is 9.88. The summed E-state index contributed by atoms with van der Waals surface area (Å²) >= 11 is 2.29. The summed E-state index contributed by atoms with van der Waals surface area (Å²) in [6.45, 7) is 3.53. The molecule has 0 aliphatic heterocycles. The number of fused-ring (bicyclic) bond motifs is 1. The molecule has 0 aliphatic carbocycles. The summed E-state index contributed by atoms with van der Waals surface area (Å²) in [5, 5.41) is 3.41. The van der Waals surface area contributed by atoms with Crippen molar-refractivity contribution in [1.29, 1.82) is 0 Å². The summed E-state index contributed by atoms with van der Waals surface area (Å²) in [5.74, 6) is 0.894. The number of nitrogens with zero attached hydrogens (tertiary/aromatic N) is 3. The molecule has 1 N–H and O–H groups in total. The van der Waals surface area contributed by atoms with Crippen LogP contribution in [0.3, 0.4) is 0 Å². The Morgan fingerprint density at radius 3 is 2.63 bits per heavy atom. The van der Waals surface area contributed by atoms with Gasteiger partial charge in [0.1, 0.15) is 5.82 Å². The Bertz CT molecular complexity index is 1060. The fourth-order valence-corrected chi connectivity index (χ4v) is 4.38. The molecule has 6 nitrogen and oxygen atoms in total. The highest BCUT2D eigenvalue weighted by atomic mass is 127. The first-order valence-electron chi connectivity index (χ1n) is 8.74.